The molecule has 0 saturated carbocycles. The fraction of sp³-hybridized carbons (Fsp3) is 0.667. The molecule has 0 atom stereocenters. The van der Waals surface area contributed by atoms with Crippen LogP contribution in [-0.2, 0) is 4.74 Å². The predicted octanol–water partition coefficient (Wildman–Crippen LogP) is 1.80. The number of thiocarbonyl (C=S) groups is 1. The highest BCUT2D eigenvalue weighted by Crippen LogP contribution is 2.12. The van der Waals surface area contributed by atoms with Crippen molar-refractivity contribution in [2.45, 2.75) is 13.8 Å². The van der Waals surface area contributed by atoms with Crippen LogP contribution in [0.5, 0.6) is 0 Å². The Bertz CT molecular complexity index is 171. The fourth-order valence-electron chi connectivity index (χ4n) is 0.585. The molecule has 0 bridgehead atoms. The van der Waals surface area contributed by atoms with E-state index in [4.69, 9.17) is 10.2 Å². The van der Waals surface area contributed by atoms with Gasteiger partial charge in [-0.2, -0.15) is 0 Å². The molecule has 0 aromatic heterocycles. The Kier molecular flexibility index (Phi) is 5.45. The minimum absolute atomic E-state index is 0.164. The largest absolute Gasteiger partial charge is 0.472 e. The van der Waals surface area contributed by atoms with E-state index in [1.807, 2.05) is 13.8 Å². The Labute approximate surface area is 73.9 Å². The topological polar surface area (TPSA) is 49.7 Å². The monoisotopic (exact) mass is 196 g/mol. The molecule has 0 heterocycles. The van der Waals surface area contributed by atoms with Gasteiger partial charge < -0.3 is 14.9 Å². The Morgan fingerprint density at radius 1 is 1.36 bits per heavy atom. The quantitative estimate of drug-likeness (QED) is 0.661. The minimum Gasteiger partial charge on any atom is -0.472 e. The summed E-state index contributed by atoms with van der Waals surface area (Å²) in [6.45, 7) is 3.87. The van der Waals surface area contributed by atoms with Gasteiger partial charge in [-0.05, 0) is 11.5 Å². The van der Waals surface area contributed by atoms with Gasteiger partial charge in [-0.15, -0.1) is 10.5 Å². The molecule has 0 aliphatic heterocycles. The zero-order valence-electron chi connectivity index (χ0n) is 6.53. The number of hydrogen-bond acceptors (Lipinski definition) is 2. The third kappa shape index (κ3) is 4.34. The van der Waals surface area contributed by atoms with Crippen LogP contribution in [-0.4, -0.2) is 32.2 Å². The van der Waals surface area contributed by atoms with Crippen LogP contribution in [0, 0.1) is 0 Å². The van der Waals surface area contributed by atoms with Crippen molar-refractivity contribution in [2.24, 2.45) is 0 Å². The molecular weight excluding hydrogens is 184 g/mol. The molecule has 11 heavy (non-hydrogen) atoms. The van der Waals surface area contributed by atoms with Gasteiger partial charge in [0.15, 0.2) is 0 Å². The van der Waals surface area contributed by atoms with E-state index in [1.165, 1.54) is 0 Å². The van der Waals surface area contributed by atoms with Gasteiger partial charge in [-0.3, -0.25) is 0 Å². The lowest BCUT2D eigenvalue weighted by Gasteiger charge is -2.06. The van der Waals surface area contributed by atoms with E-state index in [1.54, 1.807) is 0 Å². The van der Waals surface area contributed by atoms with Gasteiger partial charge in [-0.1, -0.05) is 13.8 Å². The molecule has 0 aromatic carbocycles. The number of rotatable bonds is 2. The first-order valence-corrected chi connectivity index (χ1v) is 5.23. The predicted molar refractivity (Wildman–Crippen MR) is 52.6 cm³/mol. The summed E-state index contributed by atoms with van der Waals surface area (Å²) < 4.78 is 4.47. The molecule has 0 aliphatic carbocycles. The van der Waals surface area contributed by atoms with E-state index >= 15 is 0 Å². The normalized spacial score (nSPS) is 9.82. The molecule has 0 radical (unpaired) electrons. The molecule has 0 amide bonds. The van der Waals surface area contributed by atoms with Crippen LogP contribution in [0.25, 0.3) is 0 Å². The maximum atomic E-state index is 9.14. The highest BCUT2D eigenvalue weighted by Gasteiger charge is 2.02. The van der Waals surface area contributed by atoms with Gasteiger partial charge in [-0.25, -0.2) is 0 Å². The smallest absolute Gasteiger partial charge is 0.357 e. The molecule has 2 N–H and O–H groups in total. The summed E-state index contributed by atoms with van der Waals surface area (Å²) in [4.78, 5) is 0. The van der Waals surface area contributed by atoms with E-state index in [2.05, 4.69) is 17.0 Å². The van der Waals surface area contributed by atoms with E-state index < -0.39 is 5.24 Å². The molecule has 0 saturated heterocycles. The summed E-state index contributed by atoms with van der Waals surface area (Å²) in [5, 5.41) is 16.8. The van der Waals surface area contributed by atoms with Crippen LogP contribution in [0.2, 0.25) is 0 Å². The van der Waals surface area contributed by atoms with E-state index in [0.717, 1.165) is 11.5 Å². The van der Waals surface area contributed by atoms with Crippen LogP contribution in [0.1, 0.15) is 13.8 Å². The van der Waals surface area contributed by atoms with E-state index in [9.17, 15) is 0 Å². The maximum Gasteiger partial charge on any atom is 0.357 e. The molecule has 66 valence electrons. The highest BCUT2D eigenvalue weighted by molar-refractivity contribution is 8.15. The summed E-state index contributed by atoms with van der Waals surface area (Å²) >= 11 is 4.24. The van der Waals surface area contributed by atoms with Crippen molar-refractivity contribution in [2.75, 3.05) is 11.5 Å². The summed E-state index contributed by atoms with van der Waals surface area (Å²) in [7, 11) is -0.301. The van der Waals surface area contributed by atoms with Gasteiger partial charge in [0.2, 0.25) is 0 Å². The van der Waals surface area contributed by atoms with Crippen molar-refractivity contribution in [3.05, 3.63) is 0 Å². The Hall–Kier alpha value is -0.130. The van der Waals surface area contributed by atoms with Crippen molar-refractivity contribution >= 4 is 33.2 Å². The summed E-state index contributed by atoms with van der Waals surface area (Å²) in [6, 6.07) is 0. The van der Waals surface area contributed by atoms with Crippen molar-refractivity contribution in [1.82, 2.24) is 0 Å². The van der Waals surface area contributed by atoms with Gasteiger partial charge in [0.25, 0.3) is 5.24 Å². The van der Waals surface area contributed by atoms with Crippen LogP contribution in [0.15, 0.2) is 0 Å². The Morgan fingerprint density at radius 2 is 1.82 bits per heavy atom. The van der Waals surface area contributed by atoms with Gasteiger partial charge >= 0.3 is 5.24 Å². The van der Waals surface area contributed by atoms with Crippen LogP contribution >= 0.6 is 22.7 Å². The SMILES string of the molecule is CCS(CC)=C(O)OC(O)=S. The van der Waals surface area contributed by atoms with Crippen LogP contribution < -0.4 is 0 Å². The molecule has 0 aromatic rings. The van der Waals surface area contributed by atoms with E-state index in [0.29, 0.717) is 0 Å². The van der Waals surface area contributed by atoms with Crippen LogP contribution in [0.3, 0.4) is 0 Å². The van der Waals surface area contributed by atoms with Crippen molar-refractivity contribution in [1.29, 1.82) is 0 Å². The minimum atomic E-state index is -0.623. The number of hydrogen-bond donors (Lipinski definition) is 2. The summed E-state index contributed by atoms with van der Waals surface area (Å²) in [6.07, 6.45) is 0. The molecule has 0 fully saturated rings. The maximum absolute atomic E-state index is 9.14. The van der Waals surface area contributed by atoms with Gasteiger partial charge in [0, 0.05) is 12.2 Å². The van der Waals surface area contributed by atoms with Crippen molar-refractivity contribution < 1.29 is 14.9 Å². The average molecular weight is 196 g/mol. The number of ether oxygens (including phenoxy) is 1. The first kappa shape index (κ1) is 10.9. The lowest BCUT2D eigenvalue weighted by Crippen LogP contribution is -2.10. The van der Waals surface area contributed by atoms with Crippen molar-refractivity contribution in [3.63, 3.8) is 0 Å². The summed E-state index contributed by atoms with van der Waals surface area (Å²) in [5.41, 5.74) is 0. The second kappa shape index (κ2) is 5.51. The Balaban J connectivity index is 4.23. The summed E-state index contributed by atoms with van der Waals surface area (Å²) in [5.74, 6) is 1.59. The molecule has 0 aliphatic rings. The number of aliphatic hydroxyl groups excluding tert-OH is 2. The third-order valence-corrected chi connectivity index (χ3v) is 3.17. The van der Waals surface area contributed by atoms with E-state index in [-0.39, 0.29) is 15.7 Å². The van der Waals surface area contributed by atoms with Crippen molar-refractivity contribution in [3.8, 4) is 0 Å². The Morgan fingerprint density at radius 3 is 2.09 bits per heavy atom. The third-order valence-electron chi connectivity index (χ3n) is 1.12. The molecule has 5 heteroatoms. The second-order valence-corrected chi connectivity index (χ2v) is 4.54. The van der Waals surface area contributed by atoms with Gasteiger partial charge in [0.1, 0.15) is 0 Å². The zero-order valence-corrected chi connectivity index (χ0v) is 8.17. The lowest BCUT2D eigenvalue weighted by atomic mass is 11.0. The lowest BCUT2D eigenvalue weighted by molar-refractivity contribution is 0.323. The number of aliphatic hydroxyl groups is 2. The molecule has 0 unspecified atom stereocenters. The first-order valence-electron chi connectivity index (χ1n) is 3.26. The fourth-order valence-corrected chi connectivity index (χ4v) is 1.82. The second-order valence-electron chi connectivity index (χ2n) is 1.70. The van der Waals surface area contributed by atoms with Crippen LogP contribution in [0.4, 0.5) is 0 Å². The average Bonchev–Trinajstić information content (AvgIpc) is 1.88. The zero-order chi connectivity index (χ0) is 8.85. The molecule has 0 rings (SSSR count). The standard InChI is InChI=1S/C6H12O3S2/c1-3-11(4-2)6(8)9-5(7)10/h8H,3-4H2,1-2H3,(H,7,10). The molecule has 0 spiro atoms. The highest BCUT2D eigenvalue weighted by atomic mass is 32.2. The first-order chi connectivity index (χ1) is 5.11. The van der Waals surface area contributed by atoms with Gasteiger partial charge in [0.05, 0.1) is 0 Å². The molecule has 3 nitrogen and oxygen atoms in total. The molecular formula is C6H12O3S2.